The number of rotatable bonds is 5. The quantitative estimate of drug-likeness (QED) is 0.342. The lowest BCUT2D eigenvalue weighted by Crippen LogP contribution is -2.26. The highest BCUT2D eigenvalue weighted by Crippen LogP contribution is 2.33. The van der Waals surface area contributed by atoms with Crippen LogP contribution in [0.2, 0.25) is 0 Å². The normalized spacial score (nSPS) is 11.4. The van der Waals surface area contributed by atoms with E-state index in [1.807, 2.05) is 24.4 Å². The third-order valence-corrected chi connectivity index (χ3v) is 7.18. The minimum absolute atomic E-state index is 0.0222. The molecule has 0 aliphatic heterocycles. The number of aryl methyl sites for hydroxylation is 1. The molecule has 12 heteroatoms. The van der Waals surface area contributed by atoms with Crippen LogP contribution in [0.4, 0.5) is 10.2 Å². The molecule has 3 N–H and O–H groups in total. The van der Waals surface area contributed by atoms with Gasteiger partial charge in [0.05, 0.1) is 23.6 Å². The van der Waals surface area contributed by atoms with E-state index in [0.29, 0.717) is 44.1 Å². The van der Waals surface area contributed by atoms with Crippen LogP contribution >= 0.6 is 11.3 Å². The van der Waals surface area contributed by atoms with E-state index in [2.05, 4.69) is 15.1 Å². The summed E-state index contributed by atoms with van der Waals surface area (Å²) in [6, 6.07) is 10.8. The molecule has 0 bridgehead atoms. The summed E-state index contributed by atoms with van der Waals surface area (Å²) in [6.45, 7) is 1.89. The summed E-state index contributed by atoms with van der Waals surface area (Å²) in [5.74, 6) is 0.118. The first-order chi connectivity index (χ1) is 18.4. The number of nitrogen functional groups attached to an aromatic ring is 1. The van der Waals surface area contributed by atoms with Crippen LogP contribution in [0.25, 0.3) is 38.2 Å². The number of nitrogens with zero attached hydrogens (tertiary/aromatic N) is 6. The molecule has 0 radical (unpaired) electrons. The van der Waals surface area contributed by atoms with Gasteiger partial charge >= 0.3 is 0 Å². The summed E-state index contributed by atoms with van der Waals surface area (Å²) in [7, 11) is 1.53. The Balaban J connectivity index is 1.62. The van der Waals surface area contributed by atoms with Crippen molar-refractivity contribution in [3.05, 3.63) is 81.7 Å². The number of benzene rings is 2. The van der Waals surface area contributed by atoms with Crippen LogP contribution < -0.4 is 16.0 Å². The van der Waals surface area contributed by atoms with Gasteiger partial charge in [-0.05, 0) is 42.1 Å². The molecule has 0 saturated carbocycles. The van der Waals surface area contributed by atoms with E-state index in [9.17, 15) is 14.3 Å². The maximum Gasteiger partial charge on any atom is 0.267 e. The van der Waals surface area contributed by atoms with Crippen molar-refractivity contribution in [3.63, 3.8) is 0 Å². The van der Waals surface area contributed by atoms with Gasteiger partial charge in [-0.3, -0.25) is 9.36 Å². The Bertz CT molecular complexity index is 1910. The number of hydrogen-bond donors (Lipinski definition) is 2. The number of phenols is 1. The second-order valence-corrected chi connectivity index (χ2v) is 9.46. The summed E-state index contributed by atoms with van der Waals surface area (Å²) in [4.78, 5) is 27.7. The number of anilines is 1. The lowest BCUT2D eigenvalue weighted by Gasteiger charge is -2.15. The molecule has 2 aromatic carbocycles. The van der Waals surface area contributed by atoms with Gasteiger partial charge in [0.25, 0.3) is 5.56 Å². The van der Waals surface area contributed by atoms with Crippen molar-refractivity contribution in [1.82, 2.24) is 29.3 Å². The van der Waals surface area contributed by atoms with Crippen LogP contribution in [0.15, 0.2) is 59.0 Å². The molecule has 0 unspecified atom stereocenters. The number of aromatic hydroxyl groups is 1. The third kappa shape index (κ3) is 3.73. The predicted molar refractivity (Wildman–Crippen MR) is 142 cm³/mol. The van der Waals surface area contributed by atoms with Gasteiger partial charge in [0.1, 0.15) is 52.4 Å². The van der Waals surface area contributed by atoms with Crippen LogP contribution in [0.1, 0.15) is 11.4 Å². The van der Waals surface area contributed by atoms with Gasteiger partial charge < -0.3 is 15.6 Å². The Hall–Kier alpha value is -4.84. The molecule has 10 nitrogen and oxygen atoms in total. The number of thiophene rings is 1. The summed E-state index contributed by atoms with van der Waals surface area (Å²) in [5, 5.41) is 17.5. The SMILES string of the molecule is COc1ccccc1-n1c(Cn2nc(-c3cc(O)cc(F)c3)c3c(N)ncnc32)nc2scc(C)c2c1=O. The zero-order valence-electron chi connectivity index (χ0n) is 20.2. The van der Waals surface area contributed by atoms with Crippen molar-refractivity contribution in [2.45, 2.75) is 13.5 Å². The van der Waals surface area contributed by atoms with Gasteiger partial charge in [0.2, 0.25) is 0 Å². The van der Waals surface area contributed by atoms with Crippen molar-refractivity contribution < 1.29 is 14.2 Å². The van der Waals surface area contributed by atoms with Crippen molar-refractivity contribution >= 4 is 38.4 Å². The molecular formula is C26H20FN7O3S. The number of ether oxygens (including phenoxy) is 1. The molecule has 190 valence electrons. The van der Waals surface area contributed by atoms with E-state index in [0.717, 1.165) is 11.6 Å². The molecule has 0 spiro atoms. The maximum absolute atomic E-state index is 14.2. The molecule has 6 rings (SSSR count). The minimum atomic E-state index is -0.636. The Morgan fingerprint density at radius 1 is 1.16 bits per heavy atom. The van der Waals surface area contributed by atoms with Crippen LogP contribution in [0.3, 0.4) is 0 Å². The van der Waals surface area contributed by atoms with Crippen LogP contribution in [0, 0.1) is 12.7 Å². The first kappa shape index (κ1) is 23.6. The zero-order chi connectivity index (χ0) is 26.6. The zero-order valence-corrected chi connectivity index (χ0v) is 21.0. The Morgan fingerprint density at radius 3 is 2.76 bits per heavy atom. The number of fused-ring (bicyclic) bond motifs is 2. The van der Waals surface area contributed by atoms with Gasteiger partial charge in [0.15, 0.2) is 5.65 Å². The summed E-state index contributed by atoms with van der Waals surface area (Å²) in [5.41, 5.74) is 8.25. The van der Waals surface area contributed by atoms with E-state index in [4.69, 9.17) is 15.5 Å². The van der Waals surface area contributed by atoms with Crippen molar-refractivity contribution in [2.24, 2.45) is 0 Å². The van der Waals surface area contributed by atoms with Gasteiger partial charge in [0, 0.05) is 11.6 Å². The van der Waals surface area contributed by atoms with Gasteiger partial charge in [-0.15, -0.1) is 11.3 Å². The molecule has 38 heavy (non-hydrogen) atoms. The third-order valence-electron chi connectivity index (χ3n) is 6.19. The van der Waals surface area contributed by atoms with Crippen LogP contribution in [-0.2, 0) is 6.54 Å². The molecule has 0 atom stereocenters. The molecule has 0 aliphatic rings. The average Bonchev–Trinajstić information content (AvgIpc) is 3.45. The van der Waals surface area contributed by atoms with E-state index in [-0.39, 0.29) is 29.4 Å². The molecule has 0 fully saturated rings. The van der Waals surface area contributed by atoms with Crippen molar-refractivity contribution in [3.8, 4) is 28.4 Å². The van der Waals surface area contributed by atoms with Crippen LogP contribution in [0.5, 0.6) is 11.5 Å². The number of halogens is 1. The minimum Gasteiger partial charge on any atom is -0.508 e. The lowest BCUT2D eigenvalue weighted by atomic mass is 10.1. The molecule has 0 amide bonds. The lowest BCUT2D eigenvalue weighted by molar-refractivity contribution is 0.412. The molecular weight excluding hydrogens is 509 g/mol. The topological polar surface area (TPSA) is 134 Å². The van der Waals surface area contributed by atoms with Gasteiger partial charge in [-0.1, -0.05) is 12.1 Å². The average molecular weight is 530 g/mol. The highest BCUT2D eigenvalue weighted by atomic mass is 32.1. The van der Waals surface area contributed by atoms with Crippen LogP contribution in [-0.4, -0.2) is 41.5 Å². The number of para-hydroxylation sites is 2. The standard InChI is InChI=1S/C26H20FN7O3S/c1-13-11-38-25-20(13)26(36)34(17-5-3-4-6-18(17)37-2)19(31-25)10-33-24-21(23(28)29-12-30-24)22(32-33)14-7-15(27)9-16(35)8-14/h3-9,11-12,35H,10H2,1-2H3,(H2,28,29,30). The highest BCUT2D eigenvalue weighted by molar-refractivity contribution is 7.16. The monoisotopic (exact) mass is 529 g/mol. The number of hydrogen-bond acceptors (Lipinski definition) is 9. The molecule has 0 aliphatic carbocycles. The fourth-order valence-corrected chi connectivity index (χ4v) is 5.46. The van der Waals surface area contributed by atoms with E-state index in [1.165, 1.54) is 46.2 Å². The number of aromatic nitrogens is 6. The second kappa shape index (κ2) is 8.92. The molecule has 0 saturated heterocycles. The summed E-state index contributed by atoms with van der Waals surface area (Å²) in [6.07, 6.45) is 1.30. The molecule has 4 heterocycles. The largest absolute Gasteiger partial charge is 0.508 e. The number of nitrogens with two attached hydrogens (primary N) is 1. The summed E-state index contributed by atoms with van der Waals surface area (Å²) >= 11 is 1.38. The fourth-order valence-electron chi connectivity index (χ4n) is 4.53. The van der Waals surface area contributed by atoms with Crippen molar-refractivity contribution in [1.29, 1.82) is 0 Å². The Labute approximate surface area is 218 Å². The van der Waals surface area contributed by atoms with E-state index >= 15 is 0 Å². The predicted octanol–water partition coefficient (Wildman–Crippen LogP) is 4.05. The highest BCUT2D eigenvalue weighted by Gasteiger charge is 2.22. The Morgan fingerprint density at radius 2 is 1.97 bits per heavy atom. The first-order valence-corrected chi connectivity index (χ1v) is 12.3. The molecule has 4 aromatic heterocycles. The number of phenolic OH excluding ortho intramolecular Hbond substituents is 1. The van der Waals surface area contributed by atoms with E-state index < -0.39 is 5.82 Å². The number of methoxy groups -OCH3 is 1. The fraction of sp³-hybridized carbons (Fsp3) is 0.115. The Kier molecular flexibility index (Phi) is 5.53. The maximum atomic E-state index is 14.2. The van der Waals surface area contributed by atoms with Gasteiger partial charge in [-0.2, -0.15) is 5.10 Å². The first-order valence-electron chi connectivity index (χ1n) is 11.5. The molecule has 6 aromatic rings. The second-order valence-electron chi connectivity index (χ2n) is 8.60. The van der Waals surface area contributed by atoms with E-state index in [1.54, 1.807) is 12.1 Å². The smallest absolute Gasteiger partial charge is 0.267 e. The summed E-state index contributed by atoms with van der Waals surface area (Å²) < 4.78 is 22.7. The van der Waals surface area contributed by atoms with Crippen molar-refractivity contribution in [2.75, 3.05) is 12.8 Å². The van der Waals surface area contributed by atoms with Gasteiger partial charge in [-0.25, -0.2) is 24.0 Å².